The maximum Gasteiger partial charge on any atom is 0.342 e. The Balaban J connectivity index is 1.84. The van der Waals surface area contributed by atoms with Crippen LogP contribution in [-0.4, -0.2) is 23.7 Å². The Morgan fingerprint density at radius 3 is 2.50 bits per heavy atom. The molecule has 0 saturated carbocycles. The fourth-order valence-electron chi connectivity index (χ4n) is 3.88. The van der Waals surface area contributed by atoms with Gasteiger partial charge in [0.1, 0.15) is 5.60 Å². The first-order chi connectivity index (χ1) is 14.2. The maximum absolute atomic E-state index is 12.1. The number of carbonyl (C=O) groups excluding carboxylic acids is 2. The first-order valence-electron chi connectivity index (χ1n) is 10.2. The summed E-state index contributed by atoms with van der Waals surface area (Å²) in [6, 6.07) is 14.5. The fourth-order valence-corrected chi connectivity index (χ4v) is 3.88. The van der Waals surface area contributed by atoms with E-state index in [9.17, 15) is 14.7 Å². The van der Waals surface area contributed by atoms with Crippen molar-refractivity contribution in [2.75, 3.05) is 6.61 Å². The molecule has 0 heterocycles. The molecule has 0 spiro atoms. The lowest BCUT2D eigenvalue weighted by Gasteiger charge is -2.42. The summed E-state index contributed by atoms with van der Waals surface area (Å²) in [6.45, 7) is 6.29. The second-order valence-corrected chi connectivity index (χ2v) is 8.28. The van der Waals surface area contributed by atoms with Gasteiger partial charge >= 0.3 is 11.9 Å². The topological polar surface area (TPSA) is 72.8 Å². The maximum atomic E-state index is 12.1. The molecular weight excluding hydrogens is 380 g/mol. The van der Waals surface area contributed by atoms with Crippen molar-refractivity contribution < 1.29 is 24.2 Å². The van der Waals surface area contributed by atoms with Gasteiger partial charge in [0.15, 0.2) is 0 Å². The molecule has 1 aliphatic carbocycles. The van der Waals surface area contributed by atoms with E-state index in [4.69, 9.17) is 9.47 Å². The van der Waals surface area contributed by atoms with Crippen LogP contribution < -0.4 is 0 Å². The van der Waals surface area contributed by atoms with E-state index in [2.05, 4.69) is 13.8 Å². The van der Waals surface area contributed by atoms with Gasteiger partial charge in [0.05, 0.1) is 24.9 Å². The standard InChI is InChI=1S/C25H28O5/c1-4-29-22(26)17-25(28)14-13-24(2,3)20-11-10-18(16-21(20)25)12-15-30-23(27)19-8-6-5-7-9-19/h5-12,15-16,28H,4,13-14,17H2,1-3H3. The average Bonchev–Trinajstić information content (AvgIpc) is 2.72. The lowest BCUT2D eigenvalue weighted by Crippen LogP contribution is -2.39. The summed E-state index contributed by atoms with van der Waals surface area (Å²) in [5.41, 5.74) is 1.59. The van der Waals surface area contributed by atoms with E-state index in [1.165, 1.54) is 6.26 Å². The summed E-state index contributed by atoms with van der Waals surface area (Å²) >= 11 is 0. The van der Waals surface area contributed by atoms with Crippen LogP contribution in [0.3, 0.4) is 0 Å². The van der Waals surface area contributed by atoms with Crippen LogP contribution in [0.4, 0.5) is 0 Å². The molecule has 5 nitrogen and oxygen atoms in total. The normalized spacial score (nSPS) is 19.9. The molecule has 0 saturated heterocycles. The van der Waals surface area contributed by atoms with Crippen LogP contribution in [0.1, 0.15) is 67.1 Å². The van der Waals surface area contributed by atoms with Crippen molar-refractivity contribution in [1.82, 2.24) is 0 Å². The molecular formula is C25H28O5. The second kappa shape index (κ2) is 8.84. The third kappa shape index (κ3) is 4.79. The predicted molar refractivity (Wildman–Crippen MR) is 115 cm³/mol. The number of rotatable bonds is 6. The SMILES string of the molecule is CCOC(=O)CC1(O)CCC(C)(C)c2ccc(C=COC(=O)c3ccccc3)cc21. The summed E-state index contributed by atoms with van der Waals surface area (Å²) in [4.78, 5) is 24.2. The number of esters is 2. The number of carbonyl (C=O) groups is 2. The van der Waals surface area contributed by atoms with Gasteiger partial charge in [-0.05, 0) is 66.1 Å². The molecule has 1 unspecified atom stereocenters. The minimum Gasteiger partial charge on any atom is -0.466 e. The second-order valence-electron chi connectivity index (χ2n) is 8.28. The Hall–Kier alpha value is -2.92. The molecule has 0 aliphatic heterocycles. The van der Waals surface area contributed by atoms with Crippen LogP contribution in [0.25, 0.3) is 6.08 Å². The van der Waals surface area contributed by atoms with Crippen molar-refractivity contribution in [3.63, 3.8) is 0 Å². The van der Waals surface area contributed by atoms with Crippen molar-refractivity contribution in [1.29, 1.82) is 0 Å². The van der Waals surface area contributed by atoms with Crippen LogP contribution in [0.15, 0.2) is 54.8 Å². The van der Waals surface area contributed by atoms with Gasteiger partial charge in [-0.3, -0.25) is 4.79 Å². The van der Waals surface area contributed by atoms with Crippen LogP contribution in [-0.2, 0) is 25.3 Å². The highest BCUT2D eigenvalue weighted by Crippen LogP contribution is 2.46. The van der Waals surface area contributed by atoms with E-state index < -0.39 is 17.5 Å². The Bertz CT molecular complexity index is 945. The molecule has 0 radical (unpaired) electrons. The van der Waals surface area contributed by atoms with Crippen LogP contribution in [0.5, 0.6) is 0 Å². The third-order valence-corrected chi connectivity index (χ3v) is 5.62. The van der Waals surface area contributed by atoms with Crippen molar-refractivity contribution in [2.45, 2.75) is 51.0 Å². The summed E-state index contributed by atoms with van der Waals surface area (Å²) in [5.74, 6) is -0.854. The van der Waals surface area contributed by atoms with Gasteiger partial charge < -0.3 is 14.6 Å². The molecule has 1 atom stereocenters. The minimum atomic E-state index is -1.28. The van der Waals surface area contributed by atoms with Gasteiger partial charge in [0.2, 0.25) is 0 Å². The van der Waals surface area contributed by atoms with Gasteiger partial charge in [-0.25, -0.2) is 4.79 Å². The molecule has 1 aliphatic rings. The van der Waals surface area contributed by atoms with Crippen molar-refractivity contribution in [3.8, 4) is 0 Å². The molecule has 3 rings (SSSR count). The highest BCUT2D eigenvalue weighted by molar-refractivity contribution is 5.89. The summed E-state index contributed by atoms with van der Waals surface area (Å²) in [6.07, 6.45) is 4.17. The molecule has 2 aromatic carbocycles. The molecule has 2 aromatic rings. The van der Waals surface area contributed by atoms with Crippen LogP contribution >= 0.6 is 0 Å². The fraction of sp³-hybridized carbons (Fsp3) is 0.360. The number of ether oxygens (including phenoxy) is 2. The zero-order chi connectivity index (χ0) is 21.8. The highest BCUT2D eigenvalue weighted by Gasteiger charge is 2.43. The van der Waals surface area contributed by atoms with Crippen molar-refractivity contribution in [2.24, 2.45) is 0 Å². The summed E-state index contributed by atoms with van der Waals surface area (Å²) in [7, 11) is 0. The Labute approximate surface area is 177 Å². The van der Waals surface area contributed by atoms with Gasteiger partial charge in [0, 0.05) is 0 Å². The number of aliphatic hydroxyl groups is 1. The molecule has 1 N–H and O–H groups in total. The lowest BCUT2D eigenvalue weighted by atomic mass is 9.65. The molecule has 0 fully saturated rings. The lowest BCUT2D eigenvalue weighted by molar-refractivity contribution is -0.150. The van der Waals surface area contributed by atoms with Crippen LogP contribution in [0, 0.1) is 0 Å². The summed E-state index contributed by atoms with van der Waals surface area (Å²) < 4.78 is 10.3. The molecule has 158 valence electrons. The molecule has 30 heavy (non-hydrogen) atoms. The van der Waals surface area contributed by atoms with E-state index in [0.717, 1.165) is 23.1 Å². The molecule has 0 amide bonds. The predicted octanol–water partition coefficient (Wildman–Crippen LogP) is 4.73. The van der Waals surface area contributed by atoms with Crippen molar-refractivity contribution in [3.05, 3.63) is 77.0 Å². The quantitative estimate of drug-likeness (QED) is 0.553. The van der Waals surface area contributed by atoms with E-state index >= 15 is 0 Å². The Morgan fingerprint density at radius 1 is 1.07 bits per heavy atom. The average molecular weight is 408 g/mol. The van der Waals surface area contributed by atoms with Crippen molar-refractivity contribution >= 4 is 18.0 Å². The van der Waals surface area contributed by atoms with Crippen LogP contribution in [0.2, 0.25) is 0 Å². The zero-order valence-corrected chi connectivity index (χ0v) is 17.7. The first kappa shape index (κ1) is 21.8. The number of hydrogen-bond acceptors (Lipinski definition) is 5. The minimum absolute atomic E-state index is 0.0833. The number of fused-ring (bicyclic) bond motifs is 1. The zero-order valence-electron chi connectivity index (χ0n) is 17.7. The number of benzene rings is 2. The van der Waals surface area contributed by atoms with E-state index in [1.807, 2.05) is 24.3 Å². The van der Waals surface area contributed by atoms with Gasteiger partial charge in [-0.2, -0.15) is 0 Å². The smallest absolute Gasteiger partial charge is 0.342 e. The van der Waals surface area contributed by atoms with E-state index in [-0.39, 0.29) is 18.4 Å². The number of hydrogen-bond donors (Lipinski definition) is 1. The largest absolute Gasteiger partial charge is 0.466 e. The van der Waals surface area contributed by atoms with Gasteiger partial charge in [-0.1, -0.05) is 44.2 Å². The van der Waals surface area contributed by atoms with E-state index in [1.54, 1.807) is 37.3 Å². The molecule has 0 bridgehead atoms. The van der Waals surface area contributed by atoms with E-state index in [0.29, 0.717) is 12.0 Å². The van der Waals surface area contributed by atoms with Gasteiger partial charge in [-0.15, -0.1) is 0 Å². The first-order valence-corrected chi connectivity index (χ1v) is 10.2. The summed E-state index contributed by atoms with van der Waals surface area (Å²) in [5, 5.41) is 11.3. The molecule has 0 aromatic heterocycles. The molecule has 5 heteroatoms. The third-order valence-electron chi connectivity index (χ3n) is 5.62. The van der Waals surface area contributed by atoms with Gasteiger partial charge in [0.25, 0.3) is 0 Å². The Morgan fingerprint density at radius 2 is 1.80 bits per heavy atom. The monoisotopic (exact) mass is 408 g/mol. The Kier molecular flexibility index (Phi) is 6.42. The highest BCUT2D eigenvalue weighted by atomic mass is 16.5.